The van der Waals surface area contributed by atoms with Gasteiger partial charge in [0, 0.05) is 12.5 Å². The molecule has 1 aliphatic heterocycles. The highest BCUT2D eigenvalue weighted by Gasteiger charge is 2.35. The Labute approximate surface area is 176 Å². The van der Waals surface area contributed by atoms with Gasteiger partial charge in [-0.15, -0.1) is 0 Å². The van der Waals surface area contributed by atoms with E-state index in [0.29, 0.717) is 19.4 Å². The molecule has 1 saturated heterocycles. The first kappa shape index (κ1) is 22.7. The lowest BCUT2D eigenvalue weighted by Gasteiger charge is -2.25. The number of aromatic nitrogens is 1. The summed E-state index contributed by atoms with van der Waals surface area (Å²) in [6, 6.07) is 1.83. The van der Waals surface area contributed by atoms with Gasteiger partial charge in [0.15, 0.2) is 0 Å². The van der Waals surface area contributed by atoms with Gasteiger partial charge in [0.25, 0.3) is 5.91 Å². The number of aromatic amines is 1. The van der Waals surface area contributed by atoms with Crippen molar-refractivity contribution in [2.24, 2.45) is 11.8 Å². The number of amides is 3. The van der Waals surface area contributed by atoms with Crippen molar-refractivity contribution < 1.29 is 27.6 Å². The van der Waals surface area contributed by atoms with Crippen molar-refractivity contribution in [3.63, 3.8) is 0 Å². The van der Waals surface area contributed by atoms with Crippen LogP contribution in [-0.2, 0) is 15.8 Å². The monoisotopic (exact) mass is 439 g/mol. The van der Waals surface area contributed by atoms with Gasteiger partial charge in [-0.25, -0.2) is 0 Å². The summed E-state index contributed by atoms with van der Waals surface area (Å²) in [5, 5.41) is 17.2. The second kappa shape index (κ2) is 9.41. The molecule has 8 nitrogen and oxygen atoms in total. The van der Waals surface area contributed by atoms with Crippen LogP contribution in [0.2, 0.25) is 0 Å². The molecule has 2 aliphatic rings. The van der Waals surface area contributed by atoms with Gasteiger partial charge in [0.1, 0.15) is 23.5 Å². The maximum atomic E-state index is 12.8. The first-order valence-corrected chi connectivity index (χ1v) is 10.2. The Bertz CT molecular complexity index is 872. The summed E-state index contributed by atoms with van der Waals surface area (Å²) < 4.78 is 38.3. The number of alkyl halides is 3. The number of hydrogen-bond acceptors (Lipinski definition) is 4. The Kier molecular flexibility index (Phi) is 6.87. The Balaban J connectivity index is 1.63. The summed E-state index contributed by atoms with van der Waals surface area (Å²) in [5.74, 6) is -1.73. The van der Waals surface area contributed by atoms with Gasteiger partial charge in [-0.2, -0.15) is 18.4 Å². The minimum absolute atomic E-state index is 0.156. The van der Waals surface area contributed by atoms with Crippen LogP contribution in [0.3, 0.4) is 0 Å². The molecule has 1 aromatic heterocycles. The van der Waals surface area contributed by atoms with E-state index in [1.165, 1.54) is 0 Å². The molecule has 1 aromatic rings. The zero-order valence-corrected chi connectivity index (χ0v) is 16.7. The number of H-pyrrole nitrogens is 1. The van der Waals surface area contributed by atoms with E-state index in [-0.39, 0.29) is 29.9 Å². The number of nitriles is 1. The quantitative estimate of drug-likeness (QED) is 0.493. The van der Waals surface area contributed by atoms with Crippen LogP contribution in [0.25, 0.3) is 0 Å². The number of carbonyl (C=O) groups excluding carboxylic acids is 3. The molecule has 3 rings (SSSR count). The van der Waals surface area contributed by atoms with Crippen molar-refractivity contribution in [1.29, 1.82) is 5.26 Å². The van der Waals surface area contributed by atoms with Gasteiger partial charge in [-0.05, 0) is 43.7 Å². The Hall–Kier alpha value is -3.03. The number of carbonyl (C=O) groups is 3. The van der Waals surface area contributed by atoms with Crippen LogP contribution in [0, 0.1) is 23.2 Å². The van der Waals surface area contributed by atoms with E-state index >= 15 is 0 Å². The number of halogens is 3. The Morgan fingerprint density at radius 1 is 1.19 bits per heavy atom. The second-order valence-electron chi connectivity index (χ2n) is 8.04. The molecule has 1 aliphatic carbocycles. The van der Waals surface area contributed by atoms with Crippen molar-refractivity contribution in [2.45, 2.75) is 56.8 Å². The first-order valence-electron chi connectivity index (χ1n) is 10.2. The number of nitrogens with one attached hydrogen (secondary N) is 4. The van der Waals surface area contributed by atoms with Crippen LogP contribution in [0.4, 0.5) is 13.2 Å². The topological polar surface area (TPSA) is 127 Å². The molecule has 2 heterocycles. The summed E-state index contributed by atoms with van der Waals surface area (Å²) in [5.41, 5.74) is -1.37. The highest BCUT2D eigenvalue weighted by molar-refractivity contribution is 5.96. The third kappa shape index (κ3) is 6.23. The first-order chi connectivity index (χ1) is 14.7. The molecular formula is C20H24F3N5O3. The molecule has 1 saturated carbocycles. The molecule has 0 aromatic carbocycles. The highest BCUT2D eigenvalue weighted by Crippen LogP contribution is 2.34. The summed E-state index contributed by atoms with van der Waals surface area (Å²) in [4.78, 5) is 39.1. The maximum absolute atomic E-state index is 12.8. The van der Waals surface area contributed by atoms with Gasteiger partial charge in [0.2, 0.25) is 11.8 Å². The summed E-state index contributed by atoms with van der Waals surface area (Å²) in [7, 11) is 0. The molecule has 2 unspecified atom stereocenters. The van der Waals surface area contributed by atoms with E-state index in [9.17, 15) is 32.8 Å². The van der Waals surface area contributed by atoms with E-state index in [4.69, 9.17) is 0 Å². The lowest BCUT2D eigenvalue weighted by atomic mass is 9.92. The molecule has 168 valence electrons. The summed E-state index contributed by atoms with van der Waals surface area (Å²) >= 11 is 0. The smallest absolute Gasteiger partial charge is 0.356 e. The van der Waals surface area contributed by atoms with E-state index in [2.05, 4.69) is 16.0 Å². The second-order valence-corrected chi connectivity index (χ2v) is 8.04. The largest absolute Gasteiger partial charge is 0.431 e. The maximum Gasteiger partial charge on any atom is 0.431 e. The summed E-state index contributed by atoms with van der Waals surface area (Å²) in [6.07, 6.45) is -0.936. The molecule has 11 heteroatoms. The lowest BCUT2D eigenvalue weighted by Crippen LogP contribution is -2.50. The third-order valence-electron chi connectivity index (χ3n) is 5.52. The third-order valence-corrected chi connectivity index (χ3v) is 5.52. The average molecular weight is 439 g/mol. The number of hydrogen-bond donors (Lipinski definition) is 4. The van der Waals surface area contributed by atoms with Crippen LogP contribution < -0.4 is 16.0 Å². The lowest BCUT2D eigenvalue weighted by molar-refractivity contribution is -0.140. The number of rotatable bonds is 8. The SMILES string of the molecule is N#CC(C[C@@H]1CCCNC1=O)NC(=O)C(CC1CC1)NC(=O)c1ccc(C(F)(F)F)[nH]1. The normalized spacial score (nSPS) is 20.8. The van der Waals surface area contributed by atoms with Gasteiger partial charge < -0.3 is 20.9 Å². The number of piperidine rings is 1. The number of nitrogens with zero attached hydrogens (tertiary/aromatic N) is 1. The fraction of sp³-hybridized carbons (Fsp3) is 0.600. The molecule has 3 atom stereocenters. The highest BCUT2D eigenvalue weighted by atomic mass is 19.4. The molecule has 3 amide bonds. The molecular weight excluding hydrogens is 415 g/mol. The van der Waals surface area contributed by atoms with Crippen molar-refractivity contribution in [3.05, 3.63) is 23.5 Å². The van der Waals surface area contributed by atoms with Crippen molar-refractivity contribution >= 4 is 17.7 Å². The van der Waals surface area contributed by atoms with Gasteiger partial charge >= 0.3 is 6.18 Å². The van der Waals surface area contributed by atoms with E-state index in [1.807, 2.05) is 11.1 Å². The van der Waals surface area contributed by atoms with Crippen LogP contribution in [0.5, 0.6) is 0 Å². The van der Waals surface area contributed by atoms with Crippen LogP contribution >= 0.6 is 0 Å². The predicted octanol–water partition coefficient (Wildman–Crippen LogP) is 1.86. The Morgan fingerprint density at radius 3 is 2.52 bits per heavy atom. The molecule has 0 radical (unpaired) electrons. The molecule has 2 fully saturated rings. The fourth-order valence-corrected chi connectivity index (χ4v) is 3.61. The molecule has 4 N–H and O–H groups in total. The zero-order chi connectivity index (χ0) is 22.6. The zero-order valence-electron chi connectivity index (χ0n) is 16.7. The minimum Gasteiger partial charge on any atom is -0.356 e. The standard InChI is InChI=1S/C20H24F3N5O3/c21-20(22,23)16-6-5-14(27-16)18(30)28-15(8-11-3-4-11)19(31)26-13(10-24)9-12-2-1-7-25-17(12)29/h5-6,11-13,15,27H,1-4,7-9H2,(H,25,29)(H,26,31)(H,28,30)/t12-,13?,15?/m0/s1. The molecule has 0 spiro atoms. The van der Waals surface area contributed by atoms with Gasteiger partial charge in [-0.3, -0.25) is 14.4 Å². The van der Waals surface area contributed by atoms with Crippen LogP contribution in [-0.4, -0.2) is 41.3 Å². The summed E-state index contributed by atoms with van der Waals surface area (Å²) in [6.45, 7) is 0.587. The molecule has 0 bridgehead atoms. The van der Waals surface area contributed by atoms with Crippen LogP contribution in [0.15, 0.2) is 12.1 Å². The van der Waals surface area contributed by atoms with Gasteiger partial charge in [0.05, 0.1) is 6.07 Å². The van der Waals surface area contributed by atoms with E-state index < -0.39 is 35.8 Å². The predicted molar refractivity (Wildman–Crippen MR) is 102 cm³/mol. The average Bonchev–Trinajstić information content (AvgIpc) is 3.37. The Morgan fingerprint density at radius 2 is 1.94 bits per heavy atom. The fourth-order valence-electron chi connectivity index (χ4n) is 3.61. The minimum atomic E-state index is -4.62. The van der Waals surface area contributed by atoms with Crippen molar-refractivity contribution in [2.75, 3.05) is 6.54 Å². The van der Waals surface area contributed by atoms with E-state index in [1.54, 1.807) is 0 Å². The molecule has 31 heavy (non-hydrogen) atoms. The van der Waals surface area contributed by atoms with Crippen molar-refractivity contribution in [1.82, 2.24) is 20.9 Å². The van der Waals surface area contributed by atoms with Crippen molar-refractivity contribution in [3.8, 4) is 6.07 Å². The van der Waals surface area contributed by atoms with E-state index in [0.717, 1.165) is 31.4 Å². The van der Waals surface area contributed by atoms with Crippen LogP contribution in [0.1, 0.15) is 54.7 Å². The van der Waals surface area contributed by atoms with Gasteiger partial charge in [-0.1, -0.05) is 12.8 Å².